The van der Waals surface area contributed by atoms with E-state index in [1.807, 2.05) is 42.5 Å². The minimum Gasteiger partial charge on any atom is -0.349 e. The van der Waals surface area contributed by atoms with Crippen LogP contribution in [0.25, 0.3) is 22.2 Å². The van der Waals surface area contributed by atoms with Crippen molar-refractivity contribution in [2.75, 3.05) is 0 Å². The molecule has 1 heterocycles. The summed E-state index contributed by atoms with van der Waals surface area (Å²) in [4.78, 5) is 18.4. The van der Waals surface area contributed by atoms with Crippen LogP contribution in [0.4, 0.5) is 0 Å². The van der Waals surface area contributed by atoms with Gasteiger partial charge in [-0.15, -0.1) is 0 Å². The number of nitrogens with one attached hydrogen (secondary N) is 1. The van der Waals surface area contributed by atoms with Gasteiger partial charge in [-0.3, -0.25) is 4.79 Å². The van der Waals surface area contributed by atoms with Gasteiger partial charge in [0.2, 0.25) is 0 Å². The molecule has 3 heteroatoms. The number of aromatic nitrogens is 1. The quantitative estimate of drug-likeness (QED) is 0.631. The number of fused-ring (bicyclic) bond motifs is 1. The summed E-state index contributed by atoms with van der Waals surface area (Å²) in [6.45, 7) is 4.36. The Hall–Kier alpha value is -2.68. The van der Waals surface area contributed by atoms with Gasteiger partial charge in [0.15, 0.2) is 0 Å². The molecule has 144 valence electrons. The average Bonchev–Trinajstić information content (AvgIpc) is 2.74. The summed E-state index contributed by atoms with van der Waals surface area (Å²) in [7, 11) is 0. The largest absolute Gasteiger partial charge is 0.349 e. The molecule has 2 aromatic carbocycles. The molecule has 0 unspecified atom stereocenters. The van der Waals surface area contributed by atoms with E-state index in [9.17, 15) is 4.79 Å². The molecule has 0 aliphatic heterocycles. The highest BCUT2D eigenvalue weighted by Crippen LogP contribution is 2.31. The first kappa shape index (κ1) is 18.7. The Balaban J connectivity index is 1.84. The molecule has 1 aliphatic carbocycles. The Kier molecular flexibility index (Phi) is 5.43. The average molecular weight is 373 g/mol. The zero-order chi connectivity index (χ0) is 19.5. The van der Waals surface area contributed by atoms with Gasteiger partial charge in [-0.05, 0) is 36.8 Å². The lowest BCUT2D eigenvalue weighted by atomic mass is 9.85. The molecule has 28 heavy (non-hydrogen) atoms. The maximum Gasteiger partial charge on any atom is 0.252 e. The summed E-state index contributed by atoms with van der Waals surface area (Å²) in [5.41, 5.74) is 4.69. The number of nitrogens with zero attached hydrogens (tertiary/aromatic N) is 1. The Morgan fingerprint density at radius 3 is 2.50 bits per heavy atom. The van der Waals surface area contributed by atoms with Crippen molar-refractivity contribution < 1.29 is 4.79 Å². The fraction of sp³-hybridized carbons (Fsp3) is 0.360. The number of para-hydroxylation sites is 1. The van der Waals surface area contributed by atoms with Crippen LogP contribution < -0.4 is 5.32 Å². The number of rotatable bonds is 4. The number of amides is 1. The minimum absolute atomic E-state index is 0.0476. The predicted molar refractivity (Wildman–Crippen MR) is 115 cm³/mol. The number of carbonyl (C=O) groups is 1. The summed E-state index contributed by atoms with van der Waals surface area (Å²) in [6.07, 6.45) is 5.50. The van der Waals surface area contributed by atoms with Gasteiger partial charge in [0.05, 0.1) is 16.8 Å². The van der Waals surface area contributed by atoms with E-state index in [0.717, 1.165) is 46.1 Å². The second kappa shape index (κ2) is 8.14. The smallest absolute Gasteiger partial charge is 0.252 e. The third kappa shape index (κ3) is 3.54. The maximum absolute atomic E-state index is 13.5. The van der Waals surface area contributed by atoms with Crippen molar-refractivity contribution in [1.82, 2.24) is 10.3 Å². The molecule has 0 bridgehead atoms. The molecule has 1 N–H and O–H groups in total. The molecular formula is C25H28N2O. The zero-order valence-electron chi connectivity index (χ0n) is 16.7. The van der Waals surface area contributed by atoms with E-state index >= 15 is 0 Å². The Labute approximate surface area is 167 Å². The van der Waals surface area contributed by atoms with Crippen LogP contribution in [0.3, 0.4) is 0 Å². The Bertz CT molecular complexity index is 981. The zero-order valence-corrected chi connectivity index (χ0v) is 16.7. The number of benzene rings is 2. The van der Waals surface area contributed by atoms with E-state index in [-0.39, 0.29) is 11.9 Å². The van der Waals surface area contributed by atoms with Gasteiger partial charge in [-0.2, -0.15) is 0 Å². The van der Waals surface area contributed by atoms with Gasteiger partial charge in [0.1, 0.15) is 0 Å². The molecular weight excluding hydrogens is 344 g/mol. The van der Waals surface area contributed by atoms with Gasteiger partial charge in [-0.1, -0.05) is 75.2 Å². The van der Waals surface area contributed by atoms with Crippen molar-refractivity contribution in [2.24, 2.45) is 5.92 Å². The minimum atomic E-state index is 0.0476. The highest BCUT2D eigenvalue weighted by atomic mass is 16.1. The first-order chi connectivity index (χ1) is 13.7. The van der Waals surface area contributed by atoms with Crippen molar-refractivity contribution in [3.8, 4) is 11.3 Å². The van der Waals surface area contributed by atoms with Crippen molar-refractivity contribution in [1.29, 1.82) is 0 Å². The molecule has 4 rings (SSSR count). The normalized spacial score (nSPS) is 19.5. The molecule has 1 aromatic heterocycles. The van der Waals surface area contributed by atoms with Gasteiger partial charge >= 0.3 is 0 Å². The molecule has 0 spiro atoms. The van der Waals surface area contributed by atoms with Gasteiger partial charge < -0.3 is 5.32 Å². The summed E-state index contributed by atoms with van der Waals surface area (Å²) in [5, 5.41) is 4.31. The number of pyridine rings is 1. The van der Waals surface area contributed by atoms with Crippen LogP contribution in [-0.2, 0) is 6.42 Å². The standard InChI is InChI=1S/C25H28N2O/c1-3-19-23(25(28)27-21-15-9-7-11-17(21)2)20-14-8-10-16-22(20)26-24(19)18-12-5-4-6-13-18/h4-6,8,10,12-14,16-17,21H,3,7,9,11,15H2,1-2H3,(H,27,28)/t17-,21+/m0/s1. The lowest BCUT2D eigenvalue weighted by Crippen LogP contribution is -2.41. The first-order valence-electron chi connectivity index (χ1n) is 10.5. The monoisotopic (exact) mass is 372 g/mol. The second-order valence-electron chi connectivity index (χ2n) is 7.89. The summed E-state index contributed by atoms with van der Waals surface area (Å²) >= 11 is 0. The molecule has 1 fully saturated rings. The third-order valence-electron chi connectivity index (χ3n) is 6.05. The molecule has 2 atom stereocenters. The summed E-state index contributed by atoms with van der Waals surface area (Å²) < 4.78 is 0. The topological polar surface area (TPSA) is 42.0 Å². The first-order valence-corrected chi connectivity index (χ1v) is 10.5. The highest BCUT2D eigenvalue weighted by Gasteiger charge is 2.26. The Morgan fingerprint density at radius 2 is 1.75 bits per heavy atom. The van der Waals surface area contributed by atoms with E-state index in [4.69, 9.17) is 4.98 Å². The van der Waals surface area contributed by atoms with E-state index in [0.29, 0.717) is 5.92 Å². The maximum atomic E-state index is 13.5. The van der Waals surface area contributed by atoms with Crippen molar-refractivity contribution in [3.05, 3.63) is 65.7 Å². The molecule has 1 amide bonds. The number of carbonyl (C=O) groups excluding carboxylic acids is 1. The molecule has 3 nitrogen and oxygen atoms in total. The molecule has 1 saturated carbocycles. The molecule has 1 aliphatic rings. The van der Waals surface area contributed by atoms with E-state index in [2.05, 4.69) is 31.3 Å². The van der Waals surface area contributed by atoms with Crippen molar-refractivity contribution in [2.45, 2.75) is 52.0 Å². The highest BCUT2D eigenvalue weighted by molar-refractivity contribution is 6.09. The summed E-state index contributed by atoms with van der Waals surface area (Å²) in [5.74, 6) is 0.579. The van der Waals surface area contributed by atoms with E-state index in [1.165, 1.54) is 19.3 Å². The van der Waals surface area contributed by atoms with Crippen LogP contribution in [0.5, 0.6) is 0 Å². The third-order valence-corrected chi connectivity index (χ3v) is 6.05. The lowest BCUT2D eigenvalue weighted by Gasteiger charge is -2.30. The van der Waals surface area contributed by atoms with E-state index < -0.39 is 0 Å². The molecule has 0 saturated heterocycles. The number of hydrogen-bond acceptors (Lipinski definition) is 2. The van der Waals surface area contributed by atoms with Crippen LogP contribution in [0.1, 0.15) is 55.5 Å². The van der Waals surface area contributed by atoms with E-state index in [1.54, 1.807) is 0 Å². The van der Waals surface area contributed by atoms with Gasteiger partial charge in [0, 0.05) is 17.0 Å². The predicted octanol–water partition coefficient (Wildman–Crippen LogP) is 5.77. The Morgan fingerprint density at radius 1 is 1.04 bits per heavy atom. The summed E-state index contributed by atoms with van der Waals surface area (Å²) in [6, 6.07) is 18.5. The second-order valence-corrected chi connectivity index (χ2v) is 7.89. The fourth-order valence-corrected chi connectivity index (χ4v) is 4.46. The number of hydrogen-bond donors (Lipinski definition) is 1. The van der Waals surface area contributed by atoms with Crippen LogP contribution in [0.15, 0.2) is 54.6 Å². The molecule has 3 aromatic rings. The molecule has 0 radical (unpaired) electrons. The lowest BCUT2D eigenvalue weighted by molar-refractivity contribution is 0.0911. The van der Waals surface area contributed by atoms with Gasteiger partial charge in [0.25, 0.3) is 5.91 Å². The van der Waals surface area contributed by atoms with Crippen molar-refractivity contribution >= 4 is 16.8 Å². The SMILES string of the molecule is CCc1c(-c2ccccc2)nc2ccccc2c1C(=O)N[C@@H]1CCCC[C@@H]1C. The van der Waals surface area contributed by atoms with Crippen LogP contribution in [0, 0.1) is 5.92 Å². The fourth-order valence-electron chi connectivity index (χ4n) is 4.46. The van der Waals surface area contributed by atoms with Crippen molar-refractivity contribution in [3.63, 3.8) is 0 Å². The van der Waals surface area contributed by atoms with Crippen LogP contribution in [0.2, 0.25) is 0 Å². The van der Waals surface area contributed by atoms with Crippen LogP contribution in [-0.4, -0.2) is 16.9 Å². The van der Waals surface area contributed by atoms with Crippen LogP contribution >= 0.6 is 0 Å². The van der Waals surface area contributed by atoms with Gasteiger partial charge in [-0.25, -0.2) is 4.98 Å².